The number of fused-ring (bicyclic) bond motifs is 1. The minimum absolute atomic E-state index is 0.0780. The third-order valence-corrected chi connectivity index (χ3v) is 1.68. The van der Waals surface area contributed by atoms with Gasteiger partial charge in [0, 0.05) is 6.08 Å². The van der Waals surface area contributed by atoms with Crippen LogP contribution < -0.4 is 0 Å². The predicted octanol–water partition coefficient (Wildman–Crippen LogP) is 2.37. The van der Waals surface area contributed by atoms with E-state index < -0.39 is 29.2 Å². The maximum atomic E-state index is 12.7. The van der Waals surface area contributed by atoms with Crippen molar-refractivity contribution in [2.45, 2.75) is 11.7 Å². The fourth-order valence-corrected chi connectivity index (χ4v) is 0.968. The molecular formula is C6HF5O. The lowest BCUT2D eigenvalue weighted by Crippen LogP contribution is -2.20. The smallest absolute Gasteiger partial charge is 0.289 e. The van der Waals surface area contributed by atoms with Crippen LogP contribution in [0.1, 0.15) is 0 Å². The summed E-state index contributed by atoms with van der Waals surface area (Å²) in [7, 11) is 0. The Bertz CT molecular complexity index is 322. The van der Waals surface area contributed by atoms with Crippen molar-refractivity contribution in [3.63, 3.8) is 0 Å². The second kappa shape index (κ2) is 1.71. The molecule has 0 aromatic heterocycles. The van der Waals surface area contributed by atoms with Gasteiger partial charge in [0.15, 0.2) is 11.7 Å². The van der Waals surface area contributed by atoms with Gasteiger partial charge in [-0.3, -0.25) is 4.74 Å². The molecule has 0 bridgehead atoms. The topological polar surface area (TPSA) is 12.5 Å². The Hall–Kier alpha value is -0.910. The van der Waals surface area contributed by atoms with Gasteiger partial charge in [0.2, 0.25) is 5.83 Å². The van der Waals surface area contributed by atoms with Gasteiger partial charge < -0.3 is 0 Å². The van der Waals surface area contributed by atoms with Gasteiger partial charge in [-0.05, 0) is 0 Å². The second-order valence-corrected chi connectivity index (χ2v) is 2.46. The van der Waals surface area contributed by atoms with Crippen LogP contribution in [0.15, 0.2) is 23.6 Å². The molecule has 1 saturated heterocycles. The van der Waals surface area contributed by atoms with Crippen molar-refractivity contribution in [2.75, 3.05) is 0 Å². The SMILES string of the molecule is FC1=CC2(F)OC2(F)C(F)=C1F. The minimum atomic E-state index is -3.45. The van der Waals surface area contributed by atoms with Gasteiger partial charge in [0.05, 0.1) is 0 Å². The van der Waals surface area contributed by atoms with Crippen LogP contribution in [-0.4, -0.2) is 11.7 Å². The number of hydrogen-bond acceptors (Lipinski definition) is 1. The molecule has 1 aliphatic heterocycles. The molecular weight excluding hydrogens is 183 g/mol. The van der Waals surface area contributed by atoms with Crippen LogP contribution >= 0.6 is 0 Å². The van der Waals surface area contributed by atoms with Crippen LogP contribution in [0.2, 0.25) is 0 Å². The number of rotatable bonds is 0. The van der Waals surface area contributed by atoms with Crippen LogP contribution in [0.3, 0.4) is 0 Å². The van der Waals surface area contributed by atoms with Crippen LogP contribution in [0.25, 0.3) is 0 Å². The third kappa shape index (κ3) is 0.615. The molecule has 0 spiro atoms. The number of epoxide rings is 1. The highest BCUT2D eigenvalue weighted by atomic mass is 19.2. The van der Waals surface area contributed by atoms with E-state index in [-0.39, 0.29) is 6.08 Å². The van der Waals surface area contributed by atoms with E-state index >= 15 is 0 Å². The maximum Gasteiger partial charge on any atom is 0.331 e. The first-order valence-corrected chi connectivity index (χ1v) is 2.93. The molecule has 6 heteroatoms. The number of allylic oxidation sites excluding steroid dienone is 2. The zero-order chi connectivity index (χ0) is 9.15. The molecule has 0 aromatic rings. The Labute approximate surface area is 63.1 Å². The normalized spacial score (nSPS) is 45.6. The lowest BCUT2D eigenvalue weighted by Gasteiger charge is -2.06. The monoisotopic (exact) mass is 184 g/mol. The third-order valence-electron chi connectivity index (χ3n) is 1.68. The van der Waals surface area contributed by atoms with Crippen molar-refractivity contribution >= 4 is 0 Å². The van der Waals surface area contributed by atoms with Gasteiger partial charge in [-0.15, -0.1) is 0 Å². The highest BCUT2D eigenvalue weighted by Crippen LogP contribution is 2.61. The molecule has 2 atom stereocenters. The summed E-state index contributed by atoms with van der Waals surface area (Å²) in [6.45, 7) is 0. The van der Waals surface area contributed by atoms with Crippen LogP contribution in [0.5, 0.6) is 0 Å². The van der Waals surface area contributed by atoms with Gasteiger partial charge in [-0.2, -0.15) is 4.39 Å². The molecule has 66 valence electrons. The van der Waals surface area contributed by atoms with Crippen molar-refractivity contribution in [1.29, 1.82) is 0 Å². The molecule has 2 rings (SSSR count). The molecule has 1 heterocycles. The fourth-order valence-electron chi connectivity index (χ4n) is 0.968. The summed E-state index contributed by atoms with van der Waals surface area (Å²) >= 11 is 0. The van der Waals surface area contributed by atoms with E-state index in [0.717, 1.165) is 0 Å². The summed E-state index contributed by atoms with van der Waals surface area (Å²) < 4.78 is 65.7. The second-order valence-electron chi connectivity index (χ2n) is 2.46. The molecule has 0 amide bonds. The zero-order valence-corrected chi connectivity index (χ0v) is 5.38. The average molecular weight is 184 g/mol. The van der Waals surface area contributed by atoms with E-state index in [4.69, 9.17) is 0 Å². The summed E-state index contributed by atoms with van der Waals surface area (Å²) in [5, 5.41) is 0. The van der Waals surface area contributed by atoms with E-state index in [0.29, 0.717) is 0 Å². The molecule has 2 aliphatic rings. The van der Waals surface area contributed by atoms with Crippen LogP contribution in [-0.2, 0) is 4.74 Å². The fraction of sp³-hybridized carbons (Fsp3) is 0.333. The van der Waals surface area contributed by atoms with E-state index in [1.165, 1.54) is 0 Å². The number of alkyl halides is 2. The largest absolute Gasteiger partial charge is 0.331 e. The molecule has 0 saturated carbocycles. The first-order chi connectivity index (χ1) is 5.41. The van der Waals surface area contributed by atoms with Gasteiger partial charge in [0.1, 0.15) is 0 Å². The molecule has 0 N–H and O–H groups in total. The molecule has 12 heavy (non-hydrogen) atoms. The van der Waals surface area contributed by atoms with Crippen molar-refractivity contribution in [3.05, 3.63) is 23.6 Å². The molecule has 1 aliphatic carbocycles. The maximum absolute atomic E-state index is 12.7. The van der Waals surface area contributed by atoms with Crippen molar-refractivity contribution in [2.24, 2.45) is 0 Å². The van der Waals surface area contributed by atoms with Gasteiger partial charge in [-0.1, -0.05) is 0 Å². The minimum Gasteiger partial charge on any atom is -0.289 e. The van der Waals surface area contributed by atoms with E-state index in [2.05, 4.69) is 4.74 Å². The van der Waals surface area contributed by atoms with Crippen LogP contribution in [0.4, 0.5) is 22.0 Å². The van der Waals surface area contributed by atoms with Crippen molar-refractivity contribution < 1.29 is 26.7 Å². The van der Waals surface area contributed by atoms with E-state index in [1.54, 1.807) is 0 Å². The Morgan fingerprint density at radius 2 is 1.75 bits per heavy atom. The van der Waals surface area contributed by atoms with E-state index in [9.17, 15) is 22.0 Å². The first kappa shape index (κ1) is 7.72. The van der Waals surface area contributed by atoms with Gasteiger partial charge in [-0.25, -0.2) is 17.6 Å². The first-order valence-electron chi connectivity index (χ1n) is 2.93. The Morgan fingerprint density at radius 3 is 2.33 bits per heavy atom. The number of hydrogen-bond donors (Lipinski definition) is 0. The molecule has 0 radical (unpaired) electrons. The Balaban J connectivity index is 2.54. The summed E-state index contributed by atoms with van der Waals surface area (Å²) in [6.07, 6.45) is -0.0780. The molecule has 0 aromatic carbocycles. The van der Waals surface area contributed by atoms with Gasteiger partial charge >= 0.3 is 11.7 Å². The Kier molecular flexibility index (Phi) is 1.10. The molecule has 1 nitrogen and oxygen atoms in total. The molecule has 1 fully saturated rings. The zero-order valence-electron chi connectivity index (χ0n) is 5.38. The predicted molar refractivity (Wildman–Crippen MR) is 27.2 cm³/mol. The lowest BCUT2D eigenvalue weighted by atomic mass is 10.1. The summed E-state index contributed by atoms with van der Waals surface area (Å²) in [6, 6.07) is 0. The summed E-state index contributed by atoms with van der Waals surface area (Å²) in [5.41, 5.74) is 0. The average Bonchev–Trinajstić information content (AvgIpc) is 2.51. The van der Waals surface area contributed by atoms with Crippen LogP contribution in [0, 0.1) is 0 Å². The quantitative estimate of drug-likeness (QED) is 0.416. The standard InChI is InChI=1S/C6HF5O/c7-2-1-5(10)6(11,12-5)4(9)3(2)8/h1H. The lowest BCUT2D eigenvalue weighted by molar-refractivity contribution is 0.143. The van der Waals surface area contributed by atoms with Crippen molar-refractivity contribution in [1.82, 2.24) is 0 Å². The summed E-state index contributed by atoms with van der Waals surface area (Å²) in [5.74, 6) is -12.7. The summed E-state index contributed by atoms with van der Waals surface area (Å²) in [4.78, 5) is 0. The Morgan fingerprint density at radius 1 is 1.17 bits per heavy atom. The van der Waals surface area contributed by atoms with E-state index in [1.807, 2.05) is 0 Å². The number of ether oxygens (including phenoxy) is 1. The van der Waals surface area contributed by atoms with Crippen molar-refractivity contribution in [3.8, 4) is 0 Å². The number of halogens is 5. The highest BCUT2D eigenvalue weighted by molar-refractivity contribution is 5.41. The van der Waals surface area contributed by atoms with Gasteiger partial charge in [0.25, 0.3) is 0 Å². The highest BCUT2D eigenvalue weighted by Gasteiger charge is 2.79. The molecule has 2 unspecified atom stereocenters.